The number of nitrogens with zero attached hydrogens (tertiary/aromatic N) is 1. The summed E-state index contributed by atoms with van der Waals surface area (Å²) in [5, 5.41) is 13.9. The number of hydrogen-bond acceptors (Lipinski definition) is 4. The van der Waals surface area contributed by atoms with Gasteiger partial charge in [-0.05, 0) is 43.3 Å². The Hall–Kier alpha value is -3.52. The van der Waals surface area contributed by atoms with Crippen LogP contribution in [0.4, 0.5) is 11.4 Å². The van der Waals surface area contributed by atoms with Crippen molar-refractivity contribution < 1.29 is 17.7 Å². The number of anilines is 1. The molecule has 0 radical (unpaired) electrons. The van der Waals surface area contributed by atoms with Crippen molar-refractivity contribution in [2.45, 2.75) is 11.8 Å². The van der Waals surface area contributed by atoms with Crippen LogP contribution in [-0.4, -0.2) is 19.2 Å². The summed E-state index contributed by atoms with van der Waals surface area (Å²) < 4.78 is 28.1. The van der Waals surface area contributed by atoms with E-state index in [2.05, 4.69) is 9.71 Å². The molecule has 0 aliphatic carbocycles. The first-order valence-corrected chi connectivity index (χ1v) is 9.87. The van der Waals surface area contributed by atoms with Crippen LogP contribution < -0.4 is 9.71 Å². The maximum absolute atomic E-state index is 12.8. The molecule has 0 aromatic heterocycles. The average molecular weight is 396 g/mol. The molecule has 0 fully saturated rings. The Kier molecular flexibility index (Phi) is 5.51. The molecule has 8 heteroatoms. The van der Waals surface area contributed by atoms with Gasteiger partial charge in [-0.1, -0.05) is 35.9 Å². The first-order valence-electron chi connectivity index (χ1n) is 8.38. The lowest BCUT2D eigenvalue weighted by Gasteiger charge is -2.05. The van der Waals surface area contributed by atoms with Crippen LogP contribution in [-0.2, 0) is 10.0 Å². The fraction of sp³-hybridized carbons (Fsp3) is 0.0500. The number of aryl methyl sites for hydroxylation is 1. The predicted octanol–water partition coefficient (Wildman–Crippen LogP) is 2.23. The number of benzene rings is 3. The van der Waals surface area contributed by atoms with E-state index in [1.54, 1.807) is 24.3 Å². The van der Waals surface area contributed by atoms with Gasteiger partial charge >= 0.3 is 10.0 Å². The molecule has 0 saturated carbocycles. The largest absolute Gasteiger partial charge is 0.328 e. The third-order valence-corrected chi connectivity index (χ3v) is 5.34. The number of hydrogen-bond donors (Lipinski definition) is 2. The van der Waals surface area contributed by atoms with Gasteiger partial charge in [0.2, 0.25) is 0 Å². The molecule has 0 aliphatic heterocycles. The van der Waals surface area contributed by atoms with E-state index < -0.39 is 14.9 Å². The highest BCUT2D eigenvalue weighted by Gasteiger charge is 2.21. The first kappa shape index (κ1) is 19.2. The maximum atomic E-state index is 12.8. The van der Waals surface area contributed by atoms with Crippen molar-refractivity contribution in [1.29, 1.82) is 0 Å². The topological polar surface area (TPSA) is 103 Å². The standard InChI is InChI=1S/C20H17N3O4S/c1-15-7-9-17(10-8-15)21-20(16-5-3-2-4-6-16)22-28(26,27)19-13-11-18(12-14-19)23(24)25/h2-14H,1H3,(H,21,22)/p+1. The molecule has 0 saturated heterocycles. The van der Waals surface area contributed by atoms with E-state index in [4.69, 9.17) is 0 Å². The highest BCUT2D eigenvalue weighted by atomic mass is 32.2. The molecule has 3 aromatic carbocycles. The summed E-state index contributed by atoms with van der Waals surface area (Å²) in [6.45, 7) is 1.96. The molecule has 0 atom stereocenters. The van der Waals surface area contributed by atoms with Crippen molar-refractivity contribution in [2.24, 2.45) is 0 Å². The van der Waals surface area contributed by atoms with Crippen molar-refractivity contribution in [3.8, 4) is 0 Å². The first-order chi connectivity index (χ1) is 13.3. The number of nitro benzene ring substituents is 1. The Labute approximate surface area is 162 Å². The zero-order valence-corrected chi connectivity index (χ0v) is 15.8. The van der Waals surface area contributed by atoms with Gasteiger partial charge in [-0.15, -0.1) is 0 Å². The molecule has 0 heterocycles. The van der Waals surface area contributed by atoms with E-state index in [0.29, 0.717) is 5.56 Å². The molecule has 3 rings (SSSR count). The van der Waals surface area contributed by atoms with Gasteiger partial charge in [0, 0.05) is 12.1 Å². The van der Waals surface area contributed by atoms with Crippen LogP contribution in [0.5, 0.6) is 0 Å². The van der Waals surface area contributed by atoms with Crippen LogP contribution in [0.25, 0.3) is 0 Å². The number of non-ortho nitro benzene ring substituents is 1. The third-order valence-electron chi connectivity index (χ3n) is 3.98. The molecular formula is C20H18N3O4S+. The highest BCUT2D eigenvalue weighted by Crippen LogP contribution is 2.14. The van der Waals surface area contributed by atoms with Crippen LogP contribution in [0, 0.1) is 17.0 Å². The molecule has 142 valence electrons. The van der Waals surface area contributed by atoms with Gasteiger partial charge in [-0.2, -0.15) is 12.8 Å². The van der Waals surface area contributed by atoms with Crippen LogP contribution in [0.3, 0.4) is 0 Å². The van der Waals surface area contributed by atoms with Crippen LogP contribution in [0.1, 0.15) is 11.1 Å². The van der Waals surface area contributed by atoms with E-state index in [0.717, 1.165) is 23.4 Å². The van der Waals surface area contributed by atoms with Crippen LogP contribution in [0.15, 0.2) is 83.8 Å². The number of amidine groups is 1. The van der Waals surface area contributed by atoms with E-state index in [1.165, 1.54) is 12.1 Å². The van der Waals surface area contributed by atoms with E-state index in [1.807, 2.05) is 37.3 Å². The van der Waals surface area contributed by atoms with Gasteiger partial charge in [0.1, 0.15) is 10.6 Å². The normalized spacial score (nSPS) is 11.8. The summed E-state index contributed by atoms with van der Waals surface area (Å²) >= 11 is 0. The summed E-state index contributed by atoms with van der Waals surface area (Å²) in [4.78, 5) is 10.1. The Morgan fingerprint density at radius 3 is 2.11 bits per heavy atom. The summed E-state index contributed by atoms with van der Waals surface area (Å²) in [5.41, 5.74) is 2.27. The fourth-order valence-corrected chi connectivity index (χ4v) is 3.53. The fourth-order valence-electron chi connectivity index (χ4n) is 2.48. The molecule has 0 bridgehead atoms. The quantitative estimate of drug-likeness (QED) is 0.298. The van der Waals surface area contributed by atoms with E-state index >= 15 is 0 Å². The number of nitro groups is 1. The number of rotatable bonds is 5. The second-order valence-corrected chi connectivity index (χ2v) is 7.77. The van der Waals surface area contributed by atoms with Crippen molar-refractivity contribution in [3.63, 3.8) is 0 Å². The van der Waals surface area contributed by atoms with Gasteiger partial charge in [0.15, 0.2) is 0 Å². The van der Waals surface area contributed by atoms with Crippen LogP contribution in [0.2, 0.25) is 0 Å². The molecule has 0 spiro atoms. The SMILES string of the molecule is Cc1ccc(NC(=[NH+]S(=O)(=O)c2ccc([N+](=O)[O-])cc2)c2ccccc2)cc1. The minimum atomic E-state index is -3.95. The lowest BCUT2D eigenvalue weighted by atomic mass is 10.2. The van der Waals surface area contributed by atoms with Crippen molar-refractivity contribution >= 4 is 27.2 Å². The number of sulfonamides is 1. The van der Waals surface area contributed by atoms with Gasteiger partial charge in [-0.3, -0.25) is 10.1 Å². The molecule has 28 heavy (non-hydrogen) atoms. The monoisotopic (exact) mass is 396 g/mol. The molecule has 0 unspecified atom stereocenters. The Bertz CT molecular complexity index is 1110. The minimum Gasteiger partial charge on any atom is -0.258 e. The maximum Gasteiger partial charge on any atom is 0.328 e. The lowest BCUT2D eigenvalue weighted by Crippen LogP contribution is -2.78. The molecule has 7 nitrogen and oxygen atoms in total. The summed E-state index contributed by atoms with van der Waals surface area (Å²) in [7, 11) is -3.95. The second-order valence-electron chi connectivity index (χ2n) is 6.09. The zero-order valence-electron chi connectivity index (χ0n) is 15.0. The molecule has 3 aromatic rings. The smallest absolute Gasteiger partial charge is 0.258 e. The lowest BCUT2D eigenvalue weighted by molar-refractivity contribution is -0.384. The van der Waals surface area contributed by atoms with Gasteiger partial charge in [-0.25, -0.2) is 5.32 Å². The highest BCUT2D eigenvalue weighted by molar-refractivity contribution is 7.84. The second kappa shape index (κ2) is 8.01. The van der Waals surface area contributed by atoms with Gasteiger partial charge in [0.25, 0.3) is 11.5 Å². The van der Waals surface area contributed by atoms with Crippen molar-refractivity contribution in [2.75, 3.05) is 5.32 Å². The Morgan fingerprint density at radius 1 is 0.929 bits per heavy atom. The molecule has 0 aliphatic rings. The molecule has 0 amide bonds. The van der Waals surface area contributed by atoms with E-state index in [-0.39, 0.29) is 16.4 Å². The summed E-state index contributed by atoms with van der Waals surface area (Å²) in [6, 6.07) is 21.2. The molecular weight excluding hydrogens is 378 g/mol. The summed E-state index contributed by atoms with van der Waals surface area (Å²) in [6.07, 6.45) is 0. The predicted molar refractivity (Wildman–Crippen MR) is 107 cm³/mol. The third kappa shape index (κ3) is 4.60. The van der Waals surface area contributed by atoms with Gasteiger partial charge < -0.3 is 0 Å². The average Bonchev–Trinajstić information content (AvgIpc) is 2.70. The number of nitrogens with one attached hydrogen (secondary N) is 2. The van der Waals surface area contributed by atoms with Crippen molar-refractivity contribution in [1.82, 2.24) is 0 Å². The summed E-state index contributed by atoms with van der Waals surface area (Å²) in [5.74, 6) is 0.280. The minimum absolute atomic E-state index is 0.0720. The van der Waals surface area contributed by atoms with Crippen molar-refractivity contribution in [3.05, 3.63) is 100 Å². The Balaban J connectivity index is 2.01. The zero-order chi connectivity index (χ0) is 20.1. The Morgan fingerprint density at radius 2 is 1.54 bits per heavy atom. The van der Waals surface area contributed by atoms with Crippen LogP contribution >= 0.6 is 0 Å². The molecule has 2 N–H and O–H groups in total. The van der Waals surface area contributed by atoms with Gasteiger partial charge in [0.05, 0.1) is 10.5 Å². The van der Waals surface area contributed by atoms with E-state index in [9.17, 15) is 18.5 Å².